The topological polar surface area (TPSA) is 62.2 Å². The molecule has 2 N–H and O–H groups in total. The third kappa shape index (κ3) is 2.17. The van der Waals surface area contributed by atoms with E-state index in [0.29, 0.717) is 15.7 Å². The number of hydrogen-bond donors (Lipinski definition) is 2. The normalized spacial score (nSPS) is 44.0. The monoisotopic (exact) mass is 306 g/mol. The molecule has 4 saturated carbocycles. The second kappa shape index (κ2) is 4.00. The molecule has 21 heavy (non-hydrogen) atoms. The lowest BCUT2D eigenvalue weighted by Crippen LogP contribution is -2.61. The predicted octanol–water partition coefficient (Wildman–Crippen LogP) is 4.00. The smallest absolute Gasteiger partial charge is 0.347 e. The van der Waals surface area contributed by atoms with E-state index in [1.165, 1.54) is 56.1 Å². The summed E-state index contributed by atoms with van der Waals surface area (Å²) < 4.78 is 0. The summed E-state index contributed by atoms with van der Waals surface area (Å²) >= 11 is 1.27. The van der Waals surface area contributed by atoms with Crippen molar-refractivity contribution >= 4 is 22.4 Å². The van der Waals surface area contributed by atoms with E-state index in [1.807, 2.05) is 0 Å². The van der Waals surface area contributed by atoms with Crippen LogP contribution in [0.5, 0.6) is 0 Å². The number of thiazole rings is 1. The average Bonchev–Trinajstić information content (AvgIpc) is 2.71. The van der Waals surface area contributed by atoms with Crippen LogP contribution >= 0.6 is 11.3 Å². The molecule has 0 aromatic carbocycles. The molecule has 1 aromatic rings. The summed E-state index contributed by atoms with van der Waals surface area (Å²) in [5, 5.41) is 13.5. The maximum atomic E-state index is 11.0. The van der Waals surface area contributed by atoms with Gasteiger partial charge in [0.25, 0.3) is 0 Å². The third-order valence-corrected chi connectivity index (χ3v) is 6.62. The van der Waals surface area contributed by atoms with E-state index in [9.17, 15) is 4.79 Å². The van der Waals surface area contributed by atoms with Gasteiger partial charge in [-0.25, -0.2) is 9.78 Å². The molecule has 4 bridgehead atoms. The number of nitrogens with one attached hydrogen (secondary N) is 1. The van der Waals surface area contributed by atoms with Crippen LogP contribution in [-0.4, -0.2) is 21.6 Å². The van der Waals surface area contributed by atoms with E-state index in [4.69, 9.17) is 5.11 Å². The zero-order valence-electron chi connectivity index (χ0n) is 12.6. The quantitative estimate of drug-likeness (QED) is 0.886. The molecule has 0 spiro atoms. The molecule has 4 fully saturated rings. The minimum absolute atomic E-state index is 0.135. The number of aromatic nitrogens is 1. The zero-order valence-corrected chi connectivity index (χ0v) is 13.4. The van der Waals surface area contributed by atoms with Gasteiger partial charge in [-0.05, 0) is 55.3 Å². The molecule has 0 amide bonds. The highest BCUT2D eigenvalue weighted by Crippen LogP contribution is 2.66. The number of anilines is 1. The summed E-state index contributed by atoms with van der Waals surface area (Å²) in [4.78, 5) is 15.6. The summed E-state index contributed by atoms with van der Waals surface area (Å²) in [6.07, 6.45) is 9.17. The molecular formula is C16H22N2O2S. The molecule has 2 unspecified atom stereocenters. The van der Waals surface area contributed by atoms with Gasteiger partial charge in [0, 0.05) is 5.54 Å². The van der Waals surface area contributed by atoms with Crippen molar-refractivity contribution in [3.05, 3.63) is 11.1 Å². The lowest BCUT2D eigenvalue weighted by atomic mass is 9.43. The van der Waals surface area contributed by atoms with Gasteiger partial charge in [-0.2, -0.15) is 0 Å². The fraction of sp³-hybridized carbons (Fsp3) is 0.750. The molecule has 0 saturated heterocycles. The summed E-state index contributed by atoms with van der Waals surface area (Å²) in [7, 11) is 0. The Morgan fingerprint density at radius 2 is 1.95 bits per heavy atom. The molecular weight excluding hydrogens is 284 g/mol. The van der Waals surface area contributed by atoms with Crippen molar-refractivity contribution in [3.63, 3.8) is 0 Å². The van der Waals surface area contributed by atoms with Crippen molar-refractivity contribution in [2.75, 3.05) is 5.32 Å². The first-order chi connectivity index (χ1) is 9.79. The summed E-state index contributed by atoms with van der Waals surface area (Å²) in [6.45, 7) is 4.88. The number of hydrogen-bond acceptors (Lipinski definition) is 4. The Kier molecular flexibility index (Phi) is 2.58. The molecule has 2 atom stereocenters. The molecule has 1 aromatic heterocycles. The van der Waals surface area contributed by atoms with Crippen LogP contribution in [0.15, 0.2) is 6.20 Å². The van der Waals surface area contributed by atoms with Gasteiger partial charge in [0.1, 0.15) is 4.88 Å². The number of rotatable bonds is 3. The minimum Gasteiger partial charge on any atom is -0.477 e. The van der Waals surface area contributed by atoms with Crippen molar-refractivity contribution in [1.82, 2.24) is 4.98 Å². The Hall–Kier alpha value is -1.10. The van der Waals surface area contributed by atoms with E-state index in [2.05, 4.69) is 24.1 Å². The van der Waals surface area contributed by atoms with Gasteiger partial charge < -0.3 is 10.4 Å². The SMILES string of the molecule is CC12CC3CC(C)(C1)CC(Nc1ncc(C(=O)O)s1)(C3)C2. The zero-order chi connectivity index (χ0) is 14.9. The molecule has 4 aliphatic rings. The fourth-order valence-corrected chi connectivity index (χ4v) is 7.02. The largest absolute Gasteiger partial charge is 0.477 e. The van der Waals surface area contributed by atoms with Crippen molar-refractivity contribution in [2.24, 2.45) is 16.7 Å². The van der Waals surface area contributed by atoms with Crippen LogP contribution in [0.3, 0.4) is 0 Å². The Bertz CT molecular complexity index is 593. The highest BCUT2D eigenvalue weighted by Gasteiger charge is 2.60. The maximum absolute atomic E-state index is 11.0. The lowest BCUT2D eigenvalue weighted by Gasteiger charge is -2.65. The molecule has 5 heteroatoms. The molecule has 4 aliphatic carbocycles. The first-order valence-electron chi connectivity index (χ1n) is 7.76. The van der Waals surface area contributed by atoms with E-state index < -0.39 is 5.97 Å². The number of carboxylic acid groups (broad SMARTS) is 1. The highest BCUT2D eigenvalue weighted by molar-refractivity contribution is 7.17. The van der Waals surface area contributed by atoms with Crippen molar-refractivity contribution < 1.29 is 9.90 Å². The number of carbonyl (C=O) groups is 1. The van der Waals surface area contributed by atoms with Crippen molar-refractivity contribution in [1.29, 1.82) is 0 Å². The van der Waals surface area contributed by atoms with Gasteiger partial charge in [-0.1, -0.05) is 25.2 Å². The van der Waals surface area contributed by atoms with Crippen molar-refractivity contribution in [3.8, 4) is 0 Å². The van der Waals surface area contributed by atoms with Crippen LogP contribution in [0.4, 0.5) is 5.13 Å². The maximum Gasteiger partial charge on any atom is 0.347 e. The number of nitrogens with zero attached hydrogens (tertiary/aromatic N) is 1. The van der Waals surface area contributed by atoms with Gasteiger partial charge in [-0.3, -0.25) is 0 Å². The Morgan fingerprint density at radius 3 is 2.48 bits per heavy atom. The fourth-order valence-electron chi connectivity index (χ4n) is 6.24. The Labute approximate surface area is 129 Å². The number of carboxylic acids is 1. The van der Waals surface area contributed by atoms with E-state index in [0.717, 1.165) is 11.0 Å². The van der Waals surface area contributed by atoms with Crippen LogP contribution < -0.4 is 5.32 Å². The van der Waals surface area contributed by atoms with Crippen LogP contribution in [0.1, 0.15) is 62.0 Å². The van der Waals surface area contributed by atoms with Crippen LogP contribution in [0.2, 0.25) is 0 Å². The van der Waals surface area contributed by atoms with Gasteiger partial charge >= 0.3 is 5.97 Å². The van der Waals surface area contributed by atoms with Crippen LogP contribution in [0, 0.1) is 16.7 Å². The third-order valence-electron chi connectivity index (χ3n) is 5.71. The molecule has 4 nitrogen and oxygen atoms in total. The standard InChI is InChI=1S/C16H22N2O2S/c1-14-3-10-4-15(2,7-14)9-16(5-10,8-14)18-13-17-6-11(21-13)12(19)20/h6,10H,3-5,7-9H2,1-2H3,(H,17,18)(H,19,20). The first-order valence-corrected chi connectivity index (χ1v) is 8.58. The van der Waals surface area contributed by atoms with Gasteiger partial charge in [-0.15, -0.1) is 0 Å². The second-order valence-electron chi connectivity index (χ2n) is 8.37. The van der Waals surface area contributed by atoms with Crippen LogP contribution in [-0.2, 0) is 0 Å². The lowest BCUT2D eigenvalue weighted by molar-refractivity contribution is -0.0972. The number of aromatic carboxylic acids is 1. The molecule has 114 valence electrons. The van der Waals surface area contributed by atoms with Gasteiger partial charge in [0.2, 0.25) is 0 Å². The Balaban J connectivity index is 1.63. The summed E-state index contributed by atoms with van der Waals surface area (Å²) in [5.74, 6) is -0.0624. The summed E-state index contributed by atoms with van der Waals surface area (Å²) in [5.41, 5.74) is 1.04. The highest BCUT2D eigenvalue weighted by atomic mass is 32.1. The van der Waals surface area contributed by atoms with E-state index in [-0.39, 0.29) is 5.54 Å². The molecule has 0 radical (unpaired) electrons. The predicted molar refractivity (Wildman–Crippen MR) is 82.8 cm³/mol. The summed E-state index contributed by atoms with van der Waals surface area (Å²) in [6, 6.07) is 0. The van der Waals surface area contributed by atoms with Crippen molar-refractivity contribution in [2.45, 2.75) is 57.9 Å². The molecule has 1 heterocycles. The second-order valence-corrected chi connectivity index (χ2v) is 9.40. The molecule has 0 aliphatic heterocycles. The first kappa shape index (κ1) is 13.6. The van der Waals surface area contributed by atoms with E-state index in [1.54, 1.807) is 0 Å². The average molecular weight is 306 g/mol. The van der Waals surface area contributed by atoms with Gasteiger partial charge in [0.05, 0.1) is 6.20 Å². The Morgan fingerprint density at radius 1 is 1.29 bits per heavy atom. The van der Waals surface area contributed by atoms with Crippen LogP contribution in [0.25, 0.3) is 0 Å². The molecule has 5 rings (SSSR count). The van der Waals surface area contributed by atoms with Gasteiger partial charge in [0.15, 0.2) is 5.13 Å². The minimum atomic E-state index is -0.884. The van der Waals surface area contributed by atoms with E-state index >= 15 is 0 Å².